The Balaban J connectivity index is 1.51. The van der Waals surface area contributed by atoms with Crippen LogP contribution in [0.3, 0.4) is 0 Å². The number of aromatic nitrogens is 2. The Morgan fingerprint density at radius 2 is 2.07 bits per heavy atom. The largest absolute Gasteiger partial charge is 0.381 e. The van der Waals surface area contributed by atoms with E-state index in [2.05, 4.69) is 26.3 Å². The summed E-state index contributed by atoms with van der Waals surface area (Å²) in [5, 5.41) is 13.7. The Labute approximate surface area is 163 Å². The lowest BCUT2D eigenvalue weighted by Gasteiger charge is -2.33. The van der Waals surface area contributed by atoms with Crippen molar-refractivity contribution in [2.45, 2.75) is 32.4 Å². The zero-order chi connectivity index (χ0) is 19.5. The molecule has 0 amide bonds. The average Bonchev–Trinajstić information content (AvgIpc) is 2.70. The van der Waals surface area contributed by atoms with E-state index in [0.29, 0.717) is 16.6 Å². The Morgan fingerprint density at radius 3 is 2.79 bits per heavy atom. The second-order valence-electron chi connectivity index (χ2n) is 7.29. The minimum atomic E-state index is -0.310. The molecule has 1 saturated heterocycles. The third-order valence-electron chi connectivity index (χ3n) is 5.29. The Kier molecular flexibility index (Phi) is 5.18. The SMILES string of the molecule is Cc1cc(F)cc2c(NC3CCN(Cc4ccccn4)CC3)c(C#N)cnc12. The minimum Gasteiger partial charge on any atom is -0.381 e. The fourth-order valence-electron chi connectivity index (χ4n) is 3.84. The molecule has 0 atom stereocenters. The molecule has 0 aliphatic carbocycles. The van der Waals surface area contributed by atoms with Crippen molar-refractivity contribution in [3.63, 3.8) is 0 Å². The summed E-state index contributed by atoms with van der Waals surface area (Å²) in [6.07, 6.45) is 5.31. The van der Waals surface area contributed by atoms with Gasteiger partial charge in [-0.2, -0.15) is 5.26 Å². The van der Waals surface area contributed by atoms with Crippen LogP contribution in [0.15, 0.2) is 42.7 Å². The van der Waals surface area contributed by atoms with E-state index in [0.717, 1.165) is 49.2 Å². The molecule has 5 nitrogen and oxygen atoms in total. The van der Waals surface area contributed by atoms with Gasteiger partial charge in [-0.05, 0) is 49.6 Å². The monoisotopic (exact) mass is 375 g/mol. The van der Waals surface area contributed by atoms with E-state index >= 15 is 0 Å². The molecule has 0 saturated carbocycles. The smallest absolute Gasteiger partial charge is 0.124 e. The van der Waals surface area contributed by atoms with Crippen molar-refractivity contribution in [3.8, 4) is 6.07 Å². The summed E-state index contributed by atoms with van der Waals surface area (Å²) in [6, 6.07) is 11.4. The summed E-state index contributed by atoms with van der Waals surface area (Å²) in [6.45, 7) is 4.59. The first-order valence-corrected chi connectivity index (χ1v) is 9.52. The van der Waals surface area contributed by atoms with Gasteiger partial charge in [0.05, 0.1) is 22.5 Å². The zero-order valence-electron chi connectivity index (χ0n) is 15.8. The van der Waals surface area contributed by atoms with E-state index in [-0.39, 0.29) is 11.9 Å². The maximum absolute atomic E-state index is 14.0. The molecule has 1 aliphatic heterocycles. The highest BCUT2D eigenvalue weighted by Gasteiger charge is 2.22. The molecule has 1 aromatic carbocycles. The van der Waals surface area contributed by atoms with Crippen LogP contribution in [0.2, 0.25) is 0 Å². The highest BCUT2D eigenvalue weighted by Crippen LogP contribution is 2.30. The van der Waals surface area contributed by atoms with Crippen LogP contribution in [0, 0.1) is 24.1 Å². The standard InChI is InChI=1S/C22H22FN5/c1-15-10-17(23)11-20-21(15)26-13-16(12-24)22(20)27-18-5-8-28(9-6-18)14-19-4-2-3-7-25-19/h2-4,7,10-11,13,18H,5-6,8-9,14H2,1H3,(H,26,27). The topological polar surface area (TPSA) is 64.8 Å². The van der Waals surface area contributed by atoms with Gasteiger partial charge in [-0.25, -0.2) is 4.39 Å². The fraction of sp³-hybridized carbons (Fsp3) is 0.318. The van der Waals surface area contributed by atoms with Crippen LogP contribution >= 0.6 is 0 Å². The molecule has 0 radical (unpaired) electrons. The van der Waals surface area contributed by atoms with E-state index < -0.39 is 0 Å². The number of aryl methyl sites for hydroxylation is 1. The number of benzene rings is 1. The van der Waals surface area contributed by atoms with Crippen molar-refractivity contribution in [2.24, 2.45) is 0 Å². The molecule has 0 bridgehead atoms. The molecule has 0 spiro atoms. The summed E-state index contributed by atoms with van der Waals surface area (Å²) >= 11 is 0. The molecule has 1 fully saturated rings. The Bertz CT molecular complexity index is 1020. The van der Waals surface area contributed by atoms with Crippen molar-refractivity contribution in [2.75, 3.05) is 18.4 Å². The predicted molar refractivity (Wildman–Crippen MR) is 107 cm³/mol. The zero-order valence-corrected chi connectivity index (χ0v) is 15.8. The number of nitriles is 1. The number of likely N-dealkylation sites (tertiary alicyclic amines) is 1. The van der Waals surface area contributed by atoms with Gasteiger partial charge in [-0.3, -0.25) is 14.9 Å². The highest BCUT2D eigenvalue weighted by molar-refractivity contribution is 5.95. The van der Waals surface area contributed by atoms with Gasteiger partial charge in [0.2, 0.25) is 0 Å². The van der Waals surface area contributed by atoms with Crippen LogP contribution in [0.25, 0.3) is 10.9 Å². The molecule has 3 heterocycles. The number of anilines is 1. The summed E-state index contributed by atoms with van der Waals surface area (Å²) in [7, 11) is 0. The molecule has 3 aromatic rings. The first-order chi connectivity index (χ1) is 13.6. The molecule has 28 heavy (non-hydrogen) atoms. The predicted octanol–water partition coefficient (Wildman–Crippen LogP) is 4.03. The summed E-state index contributed by atoms with van der Waals surface area (Å²) in [5.41, 5.74) is 3.72. The van der Waals surface area contributed by atoms with E-state index in [1.165, 1.54) is 12.1 Å². The average molecular weight is 375 g/mol. The first-order valence-electron chi connectivity index (χ1n) is 9.52. The van der Waals surface area contributed by atoms with E-state index in [9.17, 15) is 9.65 Å². The summed E-state index contributed by atoms with van der Waals surface area (Å²) in [5.74, 6) is -0.310. The van der Waals surface area contributed by atoms with Crippen LogP contribution in [0.1, 0.15) is 29.7 Å². The van der Waals surface area contributed by atoms with Gasteiger partial charge in [0.25, 0.3) is 0 Å². The third kappa shape index (κ3) is 3.80. The number of rotatable bonds is 4. The van der Waals surface area contributed by atoms with Gasteiger partial charge in [-0.15, -0.1) is 0 Å². The van der Waals surface area contributed by atoms with Gasteiger partial charge in [0.15, 0.2) is 0 Å². The summed E-state index contributed by atoms with van der Waals surface area (Å²) < 4.78 is 14.0. The molecular formula is C22H22FN5. The van der Waals surface area contributed by atoms with Gasteiger partial charge in [0.1, 0.15) is 11.9 Å². The van der Waals surface area contributed by atoms with Crippen molar-refractivity contribution in [1.29, 1.82) is 5.26 Å². The number of nitrogens with one attached hydrogen (secondary N) is 1. The first kappa shape index (κ1) is 18.3. The molecule has 142 valence electrons. The highest BCUT2D eigenvalue weighted by atomic mass is 19.1. The van der Waals surface area contributed by atoms with Gasteiger partial charge >= 0.3 is 0 Å². The van der Waals surface area contributed by atoms with Crippen LogP contribution in [-0.4, -0.2) is 34.0 Å². The van der Waals surface area contributed by atoms with Crippen LogP contribution in [-0.2, 0) is 6.54 Å². The lowest BCUT2D eigenvalue weighted by Crippen LogP contribution is -2.39. The molecule has 6 heteroatoms. The van der Waals surface area contributed by atoms with E-state index in [1.54, 1.807) is 6.20 Å². The molecule has 1 N–H and O–H groups in total. The molecule has 1 aliphatic rings. The van der Waals surface area contributed by atoms with Crippen LogP contribution in [0.4, 0.5) is 10.1 Å². The normalized spacial score (nSPS) is 15.5. The quantitative estimate of drug-likeness (QED) is 0.746. The van der Waals surface area contributed by atoms with Gasteiger partial charge in [0, 0.05) is 43.5 Å². The molecule has 4 rings (SSSR count). The number of halogens is 1. The number of hydrogen-bond donors (Lipinski definition) is 1. The second kappa shape index (κ2) is 7.91. The maximum Gasteiger partial charge on any atom is 0.124 e. The lowest BCUT2D eigenvalue weighted by molar-refractivity contribution is 0.209. The number of pyridine rings is 2. The van der Waals surface area contributed by atoms with Crippen molar-refractivity contribution >= 4 is 16.6 Å². The number of piperidine rings is 1. The molecule has 2 aromatic heterocycles. The number of fused-ring (bicyclic) bond motifs is 1. The van der Waals surface area contributed by atoms with Crippen LogP contribution in [0.5, 0.6) is 0 Å². The molecular weight excluding hydrogens is 353 g/mol. The maximum atomic E-state index is 14.0. The minimum absolute atomic E-state index is 0.237. The van der Waals surface area contributed by atoms with Crippen LogP contribution < -0.4 is 5.32 Å². The Hall–Kier alpha value is -3.04. The van der Waals surface area contributed by atoms with E-state index in [1.807, 2.05) is 31.3 Å². The molecule has 0 unspecified atom stereocenters. The number of nitrogens with zero attached hydrogens (tertiary/aromatic N) is 4. The van der Waals surface area contributed by atoms with Crippen molar-refractivity contribution in [3.05, 3.63) is 65.4 Å². The summed E-state index contributed by atoms with van der Waals surface area (Å²) in [4.78, 5) is 11.1. The fourth-order valence-corrected chi connectivity index (χ4v) is 3.84. The van der Waals surface area contributed by atoms with Gasteiger partial charge in [-0.1, -0.05) is 6.07 Å². The van der Waals surface area contributed by atoms with Crippen molar-refractivity contribution < 1.29 is 4.39 Å². The second-order valence-corrected chi connectivity index (χ2v) is 7.29. The van der Waals surface area contributed by atoms with Crippen molar-refractivity contribution in [1.82, 2.24) is 14.9 Å². The van der Waals surface area contributed by atoms with E-state index in [4.69, 9.17) is 0 Å². The Morgan fingerprint density at radius 1 is 1.25 bits per heavy atom. The third-order valence-corrected chi connectivity index (χ3v) is 5.29. The van der Waals surface area contributed by atoms with Gasteiger partial charge < -0.3 is 5.32 Å². The number of hydrogen-bond acceptors (Lipinski definition) is 5. The lowest BCUT2D eigenvalue weighted by atomic mass is 10.0.